The van der Waals surface area contributed by atoms with Gasteiger partial charge in [-0.3, -0.25) is 0 Å². The van der Waals surface area contributed by atoms with Crippen molar-refractivity contribution < 1.29 is 0 Å². The van der Waals surface area contributed by atoms with Gasteiger partial charge in [-0.05, 0) is 41.6 Å². The van der Waals surface area contributed by atoms with E-state index in [0.29, 0.717) is 6.54 Å². The molecule has 0 saturated heterocycles. The minimum Gasteiger partial charge on any atom is -0.310 e. The molecule has 6 heteroatoms. The fraction of sp³-hybridized carbons (Fsp3) is 0.364. The fourth-order valence-electron chi connectivity index (χ4n) is 1.57. The predicted molar refractivity (Wildman–Crippen MR) is 69.0 cm³/mol. The van der Waals surface area contributed by atoms with Crippen molar-refractivity contribution in [3.8, 4) is 5.69 Å². The van der Waals surface area contributed by atoms with Crippen LogP contribution in [0.15, 0.2) is 22.7 Å². The molecule has 0 aliphatic rings. The first-order valence-electron chi connectivity index (χ1n) is 5.47. The monoisotopic (exact) mass is 295 g/mol. The average Bonchev–Trinajstić information content (AvgIpc) is 2.78. The largest absolute Gasteiger partial charge is 0.310 e. The lowest BCUT2D eigenvalue weighted by molar-refractivity contribution is 0.662. The maximum Gasteiger partial charge on any atom is 0.170 e. The van der Waals surface area contributed by atoms with Gasteiger partial charge in [-0.15, -0.1) is 5.10 Å². The third-order valence-corrected chi connectivity index (χ3v) is 3.39. The van der Waals surface area contributed by atoms with Crippen LogP contribution >= 0.6 is 15.9 Å². The maximum absolute atomic E-state index is 4.04. The zero-order valence-electron chi connectivity index (χ0n) is 9.81. The van der Waals surface area contributed by atoms with Crippen molar-refractivity contribution >= 4 is 15.9 Å². The molecule has 1 heterocycles. The van der Waals surface area contributed by atoms with Crippen molar-refractivity contribution in [1.29, 1.82) is 0 Å². The second kappa shape index (κ2) is 5.37. The summed E-state index contributed by atoms with van der Waals surface area (Å²) in [5.74, 6) is 0.813. The highest BCUT2D eigenvalue weighted by Gasteiger charge is 2.10. The van der Waals surface area contributed by atoms with Gasteiger partial charge in [0.2, 0.25) is 0 Å². The molecule has 0 unspecified atom stereocenters. The molecule has 2 aromatic rings. The van der Waals surface area contributed by atoms with Crippen molar-refractivity contribution in [3.63, 3.8) is 0 Å². The Morgan fingerprint density at radius 3 is 3.00 bits per heavy atom. The maximum atomic E-state index is 4.04. The number of nitrogens with one attached hydrogen (secondary N) is 1. The molecule has 0 fully saturated rings. The van der Waals surface area contributed by atoms with E-state index in [2.05, 4.69) is 43.7 Å². The molecule has 0 aliphatic heterocycles. The molecule has 1 aromatic carbocycles. The third kappa shape index (κ3) is 2.53. The second-order valence-corrected chi connectivity index (χ2v) is 4.53. The minimum absolute atomic E-state index is 0.662. The summed E-state index contributed by atoms with van der Waals surface area (Å²) in [5.41, 5.74) is 2.12. The van der Waals surface area contributed by atoms with Crippen molar-refractivity contribution in [2.75, 3.05) is 6.54 Å². The Bertz CT molecular complexity index is 508. The summed E-state index contributed by atoms with van der Waals surface area (Å²) >= 11 is 3.51. The van der Waals surface area contributed by atoms with Crippen molar-refractivity contribution in [3.05, 3.63) is 34.1 Å². The topological polar surface area (TPSA) is 55.6 Å². The lowest BCUT2D eigenvalue weighted by Gasteiger charge is -2.09. The molecule has 90 valence electrons. The Morgan fingerprint density at radius 2 is 2.24 bits per heavy atom. The zero-order chi connectivity index (χ0) is 12.3. The summed E-state index contributed by atoms with van der Waals surface area (Å²) in [6.45, 7) is 5.65. The van der Waals surface area contributed by atoms with Gasteiger partial charge in [0.05, 0.1) is 12.2 Å². The Hall–Kier alpha value is -1.27. The van der Waals surface area contributed by atoms with E-state index in [1.165, 1.54) is 0 Å². The number of hydrogen-bond donors (Lipinski definition) is 1. The minimum atomic E-state index is 0.662. The van der Waals surface area contributed by atoms with Crippen LogP contribution in [0.25, 0.3) is 5.69 Å². The highest BCUT2D eigenvalue weighted by Crippen LogP contribution is 2.22. The van der Waals surface area contributed by atoms with E-state index in [-0.39, 0.29) is 0 Å². The molecule has 0 amide bonds. The first-order chi connectivity index (χ1) is 8.24. The van der Waals surface area contributed by atoms with Gasteiger partial charge < -0.3 is 5.32 Å². The smallest absolute Gasteiger partial charge is 0.170 e. The molecule has 0 aliphatic carbocycles. The summed E-state index contributed by atoms with van der Waals surface area (Å²) in [4.78, 5) is 0. The van der Waals surface area contributed by atoms with E-state index < -0.39 is 0 Å². The molecule has 0 bridgehead atoms. The first-order valence-corrected chi connectivity index (χ1v) is 6.26. The Morgan fingerprint density at radius 1 is 1.41 bits per heavy atom. The van der Waals surface area contributed by atoms with E-state index in [4.69, 9.17) is 0 Å². The standard InChI is InChI=1S/C11H14BrN5/c1-3-13-7-11-14-15-16-17(11)10-6-4-5-9(12)8(10)2/h4-6,13H,3,7H2,1-2H3. The van der Waals surface area contributed by atoms with Gasteiger partial charge in [-0.2, -0.15) is 4.68 Å². The van der Waals surface area contributed by atoms with Crippen LogP contribution in [-0.2, 0) is 6.54 Å². The Kier molecular flexibility index (Phi) is 3.86. The average molecular weight is 296 g/mol. The number of benzene rings is 1. The van der Waals surface area contributed by atoms with Crippen molar-refractivity contribution in [1.82, 2.24) is 25.5 Å². The fourth-order valence-corrected chi connectivity index (χ4v) is 1.92. The molecule has 17 heavy (non-hydrogen) atoms. The van der Waals surface area contributed by atoms with E-state index in [1.807, 2.05) is 25.1 Å². The van der Waals surface area contributed by atoms with Crippen LogP contribution in [0.4, 0.5) is 0 Å². The van der Waals surface area contributed by atoms with Gasteiger partial charge in [0.15, 0.2) is 5.82 Å². The van der Waals surface area contributed by atoms with Crippen LogP contribution in [0.1, 0.15) is 18.3 Å². The third-order valence-electron chi connectivity index (χ3n) is 2.53. The van der Waals surface area contributed by atoms with Crippen LogP contribution in [0, 0.1) is 6.92 Å². The molecule has 0 radical (unpaired) electrons. The van der Waals surface area contributed by atoms with Crippen LogP contribution in [0.2, 0.25) is 0 Å². The SMILES string of the molecule is CCNCc1nnnn1-c1cccc(Br)c1C. The molecular formula is C11H14BrN5. The number of tetrazole rings is 1. The number of rotatable bonds is 4. The number of aromatic nitrogens is 4. The summed E-state index contributed by atoms with van der Waals surface area (Å²) < 4.78 is 2.82. The predicted octanol–water partition coefficient (Wildman–Crippen LogP) is 1.84. The van der Waals surface area contributed by atoms with Gasteiger partial charge in [0.25, 0.3) is 0 Å². The molecule has 2 rings (SSSR count). The number of halogens is 1. The molecule has 0 spiro atoms. The quantitative estimate of drug-likeness (QED) is 0.935. The Balaban J connectivity index is 2.39. The van der Waals surface area contributed by atoms with Gasteiger partial charge >= 0.3 is 0 Å². The van der Waals surface area contributed by atoms with Gasteiger partial charge in [-0.25, -0.2) is 0 Å². The number of hydrogen-bond acceptors (Lipinski definition) is 4. The van der Waals surface area contributed by atoms with Gasteiger partial charge in [0.1, 0.15) is 0 Å². The molecule has 1 aromatic heterocycles. The summed E-state index contributed by atoms with van der Waals surface area (Å²) in [6, 6.07) is 5.99. The van der Waals surface area contributed by atoms with Gasteiger partial charge in [-0.1, -0.05) is 28.9 Å². The normalized spacial score (nSPS) is 10.8. The highest BCUT2D eigenvalue weighted by atomic mass is 79.9. The lowest BCUT2D eigenvalue weighted by Crippen LogP contribution is -2.16. The molecule has 0 atom stereocenters. The lowest BCUT2D eigenvalue weighted by atomic mass is 10.2. The summed E-state index contributed by atoms with van der Waals surface area (Å²) in [6.07, 6.45) is 0. The van der Waals surface area contributed by atoms with Crippen molar-refractivity contribution in [2.45, 2.75) is 20.4 Å². The second-order valence-electron chi connectivity index (χ2n) is 3.67. The van der Waals surface area contributed by atoms with Crippen LogP contribution < -0.4 is 5.32 Å². The molecular weight excluding hydrogens is 282 g/mol. The summed E-state index contributed by atoms with van der Waals surface area (Å²) in [5, 5.41) is 15.0. The van der Waals surface area contributed by atoms with E-state index >= 15 is 0 Å². The highest BCUT2D eigenvalue weighted by molar-refractivity contribution is 9.10. The zero-order valence-corrected chi connectivity index (χ0v) is 11.4. The van der Waals surface area contributed by atoms with Crippen LogP contribution in [0.5, 0.6) is 0 Å². The Labute approximate surface area is 108 Å². The summed E-state index contributed by atoms with van der Waals surface area (Å²) in [7, 11) is 0. The van der Waals surface area contributed by atoms with E-state index in [0.717, 1.165) is 28.1 Å². The van der Waals surface area contributed by atoms with E-state index in [9.17, 15) is 0 Å². The van der Waals surface area contributed by atoms with Crippen LogP contribution in [0.3, 0.4) is 0 Å². The van der Waals surface area contributed by atoms with E-state index in [1.54, 1.807) is 4.68 Å². The molecule has 0 saturated carbocycles. The molecule has 5 nitrogen and oxygen atoms in total. The molecule has 1 N–H and O–H groups in total. The van der Waals surface area contributed by atoms with Gasteiger partial charge in [0, 0.05) is 4.47 Å². The van der Waals surface area contributed by atoms with Crippen LogP contribution in [-0.4, -0.2) is 26.8 Å². The number of nitrogens with zero attached hydrogens (tertiary/aromatic N) is 4. The first kappa shape index (κ1) is 12.2. The van der Waals surface area contributed by atoms with Crippen molar-refractivity contribution in [2.24, 2.45) is 0 Å².